The molecule has 6 nitrogen and oxygen atoms in total. The maximum Gasteiger partial charge on any atom is 0.407 e. The highest BCUT2D eigenvalue weighted by Gasteiger charge is 2.16. The Morgan fingerprint density at radius 2 is 1.90 bits per heavy atom. The average Bonchev–Trinajstić information content (AvgIpc) is 2.99. The van der Waals surface area contributed by atoms with Crippen molar-refractivity contribution in [3.05, 3.63) is 52.6 Å². The molecule has 2 aromatic heterocycles. The summed E-state index contributed by atoms with van der Waals surface area (Å²) < 4.78 is 7.38. The number of nitrogens with zero attached hydrogens (tertiary/aromatic N) is 3. The van der Waals surface area contributed by atoms with E-state index in [0.29, 0.717) is 11.7 Å². The van der Waals surface area contributed by atoms with Crippen LogP contribution < -0.4 is 5.32 Å². The first kappa shape index (κ1) is 21.1. The molecule has 0 bridgehead atoms. The third-order valence-corrected chi connectivity index (χ3v) is 4.65. The highest BCUT2D eigenvalue weighted by molar-refractivity contribution is 6.33. The van der Waals surface area contributed by atoms with Gasteiger partial charge in [-0.05, 0) is 57.9 Å². The number of carbonyl (C=O) groups excluding carboxylic acids is 1. The Kier molecular flexibility index (Phi) is 6.13. The molecule has 3 aromatic rings. The Morgan fingerprint density at radius 3 is 2.52 bits per heavy atom. The molecule has 1 amide bonds. The number of pyridine rings is 1. The van der Waals surface area contributed by atoms with Crippen molar-refractivity contribution in [2.75, 3.05) is 6.54 Å². The monoisotopic (exact) mass is 414 g/mol. The minimum absolute atomic E-state index is 0.396. The molecule has 1 aromatic carbocycles. The first-order valence-electron chi connectivity index (χ1n) is 9.78. The van der Waals surface area contributed by atoms with Crippen LogP contribution in [0.15, 0.2) is 30.3 Å². The van der Waals surface area contributed by atoms with Crippen LogP contribution in [-0.2, 0) is 17.6 Å². The van der Waals surface area contributed by atoms with Gasteiger partial charge in [0.2, 0.25) is 0 Å². The molecule has 0 aliphatic carbocycles. The van der Waals surface area contributed by atoms with E-state index >= 15 is 0 Å². The molecule has 1 N–H and O–H groups in total. The summed E-state index contributed by atoms with van der Waals surface area (Å²) in [6.45, 7) is 10.1. The van der Waals surface area contributed by atoms with Gasteiger partial charge in [0.25, 0.3) is 0 Å². The van der Waals surface area contributed by atoms with Gasteiger partial charge in [0.05, 0.1) is 5.52 Å². The van der Waals surface area contributed by atoms with Crippen LogP contribution in [0.2, 0.25) is 5.15 Å². The quantitative estimate of drug-likeness (QED) is 0.595. The smallest absolute Gasteiger partial charge is 0.407 e. The van der Waals surface area contributed by atoms with Crippen LogP contribution in [0.4, 0.5) is 4.79 Å². The highest BCUT2D eigenvalue weighted by Crippen LogP contribution is 2.27. The first-order chi connectivity index (χ1) is 13.7. The minimum atomic E-state index is -0.493. The summed E-state index contributed by atoms with van der Waals surface area (Å²) in [5, 5.41) is 3.22. The van der Waals surface area contributed by atoms with Crippen LogP contribution >= 0.6 is 11.6 Å². The van der Waals surface area contributed by atoms with Crippen molar-refractivity contribution in [1.82, 2.24) is 19.9 Å². The summed E-state index contributed by atoms with van der Waals surface area (Å²) in [4.78, 5) is 20.7. The van der Waals surface area contributed by atoms with Crippen molar-refractivity contribution in [3.63, 3.8) is 0 Å². The van der Waals surface area contributed by atoms with Gasteiger partial charge in [-0.1, -0.05) is 30.7 Å². The number of benzene rings is 1. The van der Waals surface area contributed by atoms with E-state index in [1.165, 1.54) is 0 Å². The third kappa shape index (κ3) is 5.07. The zero-order valence-corrected chi connectivity index (χ0v) is 18.3. The molecule has 0 atom stereocenters. The SMILES string of the molecule is CCc1nc2c(Cl)nc(C)cc2n1-c1ccc(CCNC(=O)OC(C)(C)C)cc1. The van der Waals surface area contributed by atoms with Gasteiger partial charge in [0, 0.05) is 24.3 Å². The molecular formula is C22H27ClN4O2. The largest absolute Gasteiger partial charge is 0.444 e. The summed E-state index contributed by atoms with van der Waals surface area (Å²) >= 11 is 6.31. The Hall–Kier alpha value is -2.60. The number of ether oxygens (including phenoxy) is 1. The molecule has 0 aliphatic rings. The molecule has 2 heterocycles. The van der Waals surface area contributed by atoms with Crippen LogP contribution in [-0.4, -0.2) is 32.8 Å². The van der Waals surface area contributed by atoms with E-state index in [2.05, 4.69) is 51.0 Å². The van der Waals surface area contributed by atoms with E-state index in [-0.39, 0.29) is 0 Å². The molecule has 0 saturated carbocycles. The highest BCUT2D eigenvalue weighted by atomic mass is 35.5. The second kappa shape index (κ2) is 8.41. The Morgan fingerprint density at radius 1 is 1.21 bits per heavy atom. The normalized spacial score (nSPS) is 11.7. The molecule has 0 spiro atoms. The molecule has 0 aliphatic heterocycles. The minimum Gasteiger partial charge on any atom is -0.444 e. The van der Waals surface area contributed by atoms with E-state index < -0.39 is 11.7 Å². The van der Waals surface area contributed by atoms with Crippen molar-refractivity contribution in [1.29, 1.82) is 0 Å². The van der Waals surface area contributed by atoms with E-state index in [1.54, 1.807) is 0 Å². The van der Waals surface area contributed by atoms with Crippen LogP contribution in [0, 0.1) is 6.92 Å². The molecule has 0 unspecified atom stereocenters. The van der Waals surface area contributed by atoms with Crippen molar-refractivity contribution < 1.29 is 9.53 Å². The molecule has 7 heteroatoms. The number of nitrogens with one attached hydrogen (secondary N) is 1. The standard InChI is InChI=1S/C22H27ClN4O2/c1-6-18-26-19-17(13-14(2)25-20(19)23)27(18)16-9-7-15(8-10-16)11-12-24-21(28)29-22(3,4)5/h7-10,13H,6,11-12H2,1-5H3,(H,24,28). The fourth-order valence-corrected chi connectivity index (χ4v) is 3.44. The number of aromatic nitrogens is 3. The van der Waals surface area contributed by atoms with Gasteiger partial charge in [-0.3, -0.25) is 4.57 Å². The number of hydrogen-bond acceptors (Lipinski definition) is 4. The van der Waals surface area contributed by atoms with Gasteiger partial charge in [0.1, 0.15) is 16.9 Å². The van der Waals surface area contributed by atoms with Gasteiger partial charge in [-0.25, -0.2) is 14.8 Å². The lowest BCUT2D eigenvalue weighted by molar-refractivity contribution is 0.0528. The van der Waals surface area contributed by atoms with E-state index in [4.69, 9.17) is 16.3 Å². The van der Waals surface area contributed by atoms with Crippen LogP contribution in [0.5, 0.6) is 0 Å². The second-order valence-corrected chi connectivity index (χ2v) is 8.34. The van der Waals surface area contributed by atoms with E-state index in [9.17, 15) is 4.79 Å². The number of alkyl carbamates (subject to hydrolysis) is 1. The number of hydrogen-bond donors (Lipinski definition) is 1. The maximum absolute atomic E-state index is 11.7. The Bertz CT molecular complexity index is 1020. The zero-order valence-electron chi connectivity index (χ0n) is 17.5. The number of rotatable bonds is 5. The summed E-state index contributed by atoms with van der Waals surface area (Å²) in [6, 6.07) is 10.3. The lowest BCUT2D eigenvalue weighted by Crippen LogP contribution is -2.33. The third-order valence-electron chi connectivity index (χ3n) is 4.39. The van der Waals surface area contributed by atoms with Crippen LogP contribution in [0.3, 0.4) is 0 Å². The molecule has 0 saturated heterocycles. The number of halogens is 1. The van der Waals surface area contributed by atoms with Crippen molar-refractivity contribution in [2.24, 2.45) is 0 Å². The fraction of sp³-hybridized carbons (Fsp3) is 0.409. The van der Waals surface area contributed by atoms with E-state index in [1.807, 2.05) is 33.8 Å². The van der Waals surface area contributed by atoms with Gasteiger partial charge >= 0.3 is 6.09 Å². The zero-order chi connectivity index (χ0) is 21.2. The lowest BCUT2D eigenvalue weighted by atomic mass is 10.1. The predicted octanol–water partition coefficient (Wildman–Crippen LogP) is 5.01. The molecule has 0 radical (unpaired) electrons. The van der Waals surface area contributed by atoms with Crippen LogP contribution in [0.25, 0.3) is 16.7 Å². The van der Waals surface area contributed by atoms with Crippen molar-refractivity contribution in [2.45, 2.75) is 53.1 Å². The van der Waals surface area contributed by atoms with Gasteiger partial charge in [-0.15, -0.1) is 0 Å². The van der Waals surface area contributed by atoms with Gasteiger partial charge < -0.3 is 10.1 Å². The Labute approximate surface area is 176 Å². The summed E-state index contributed by atoms with van der Waals surface area (Å²) in [7, 11) is 0. The number of aryl methyl sites for hydroxylation is 2. The summed E-state index contributed by atoms with van der Waals surface area (Å²) in [6.07, 6.45) is 1.11. The number of carbonyl (C=O) groups is 1. The first-order valence-corrected chi connectivity index (χ1v) is 10.2. The summed E-state index contributed by atoms with van der Waals surface area (Å²) in [5.74, 6) is 0.939. The van der Waals surface area contributed by atoms with Gasteiger partial charge in [0.15, 0.2) is 5.15 Å². The predicted molar refractivity (Wildman–Crippen MR) is 116 cm³/mol. The molecular weight excluding hydrogens is 388 g/mol. The van der Waals surface area contributed by atoms with E-state index in [0.717, 1.165) is 46.6 Å². The fourth-order valence-electron chi connectivity index (χ4n) is 3.16. The van der Waals surface area contributed by atoms with Crippen LogP contribution in [0.1, 0.15) is 44.8 Å². The van der Waals surface area contributed by atoms with Crippen molar-refractivity contribution >= 4 is 28.7 Å². The number of imidazole rings is 1. The lowest BCUT2D eigenvalue weighted by Gasteiger charge is -2.19. The Balaban J connectivity index is 1.76. The topological polar surface area (TPSA) is 69.0 Å². The molecule has 154 valence electrons. The molecule has 3 rings (SSSR count). The maximum atomic E-state index is 11.7. The molecule has 29 heavy (non-hydrogen) atoms. The molecule has 0 fully saturated rings. The average molecular weight is 415 g/mol. The number of amides is 1. The second-order valence-electron chi connectivity index (χ2n) is 7.98. The van der Waals surface area contributed by atoms with Crippen molar-refractivity contribution in [3.8, 4) is 5.69 Å². The summed E-state index contributed by atoms with van der Waals surface area (Å²) in [5.41, 5.74) is 4.19. The van der Waals surface area contributed by atoms with Gasteiger partial charge in [-0.2, -0.15) is 0 Å². The number of fused-ring (bicyclic) bond motifs is 1.